The van der Waals surface area contributed by atoms with Crippen LogP contribution in [-0.2, 0) is 12.0 Å². The molecule has 0 aromatic heterocycles. The molecule has 0 aliphatic carbocycles. The van der Waals surface area contributed by atoms with Gasteiger partial charge in [-0.3, -0.25) is 0 Å². The van der Waals surface area contributed by atoms with Gasteiger partial charge in [-0.1, -0.05) is 56.3 Å². The third-order valence-corrected chi connectivity index (χ3v) is 6.10. The number of methoxy groups -OCH3 is 1. The van der Waals surface area contributed by atoms with E-state index in [9.17, 15) is 5.11 Å². The maximum absolute atomic E-state index is 11.7. The lowest BCUT2D eigenvalue weighted by molar-refractivity contribution is -0.150. The van der Waals surface area contributed by atoms with Crippen LogP contribution in [-0.4, -0.2) is 36.8 Å². The molecule has 3 rings (SSSR count). The third kappa shape index (κ3) is 3.19. The van der Waals surface area contributed by atoms with E-state index in [2.05, 4.69) is 50.1 Å². The zero-order valence-corrected chi connectivity index (χ0v) is 15.7. The summed E-state index contributed by atoms with van der Waals surface area (Å²) in [5.74, 6) is 0.876. The lowest BCUT2D eigenvalue weighted by atomic mass is 9.61. The van der Waals surface area contributed by atoms with Gasteiger partial charge in [0.2, 0.25) is 0 Å². The standard InChI is InChI=1S/C22H29NO2/c1-21(2)20(16-17-10-12-19(25-4)13-11-17)23(3)15-14-22(21,24)18-8-6-5-7-9-18/h5-13,20,24H,14-16H2,1-4H3. The van der Waals surface area contributed by atoms with E-state index in [1.807, 2.05) is 30.3 Å². The van der Waals surface area contributed by atoms with Gasteiger partial charge in [0.1, 0.15) is 5.75 Å². The molecule has 3 nitrogen and oxygen atoms in total. The molecule has 0 spiro atoms. The zero-order valence-electron chi connectivity index (χ0n) is 15.7. The third-order valence-electron chi connectivity index (χ3n) is 6.10. The van der Waals surface area contributed by atoms with Crippen LogP contribution in [0.3, 0.4) is 0 Å². The predicted octanol–water partition coefficient (Wildman–Crippen LogP) is 3.86. The molecular weight excluding hydrogens is 310 g/mol. The van der Waals surface area contributed by atoms with Crippen molar-refractivity contribution in [3.05, 3.63) is 65.7 Å². The minimum atomic E-state index is -0.822. The van der Waals surface area contributed by atoms with Crippen LogP contribution in [0.2, 0.25) is 0 Å². The Morgan fingerprint density at radius 3 is 2.32 bits per heavy atom. The summed E-state index contributed by atoms with van der Waals surface area (Å²) in [4.78, 5) is 2.39. The summed E-state index contributed by atoms with van der Waals surface area (Å²) in [6.07, 6.45) is 1.66. The average molecular weight is 339 g/mol. The van der Waals surface area contributed by atoms with E-state index in [0.29, 0.717) is 0 Å². The molecule has 25 heavy (non-hydrogen) atoms. The molecule has 2 atom stereocenters. The van der Waals surface area contributed by atoms with Gasteiger partial charge in [0.05, 0.1) is 12.7 Å². The minimum absolute atomic E-state index is 0.250. The van der Waals surface area contributed by atoms with E-state index >= 15 is 0 Å². The van der Waals surface area contributed by atoms with Crippen molar-refractivity contribution in [2.45, 2.75) is 38.3 Å². The van der Waals surface area contributed by atoms with Crippen molar-refractivity contribution < 1.29 is 9.84 Å². The fourth-order valence-electron chi connectivity index (χ4n) is 4.27. The molecule has 0 saturated carbocycles. The Morgan fingerprint density at radius 2 is 1.72 bits per heavy atom. The first-order valence-corrected chi connectivity index (χ1v) is 8.99. The summed E-state index contributed by atoms with van der Waals surface area (Å²) < 4.78 is 5.26. The first-order valence-electron chi connectivity index (χ1n) is 8.99. The molecule has 1 heterocycles. The van der Waals surface area contributed by atoms with Gasteiger partial charge in [0, 0.05) is 18.0 Å². The van der Waals surface area contributed by atoms with Gasteiger partial charge in [0.15, 0.2) is 0 Å². The average Bonchev–Trinajstić information content (AvgIpc) is 2.63. The van der Waals surface area contributed by atoms with Crippen LogP contribution in [0.4, 0.5) is 0 Å². The lowest BCUT2D eigenvalue weighted by Gasteiger charge is -2.55. The Morgan fingerprint density at radius 1 is 1.08 bits per heavy atom. The molecule has 1 fully saturated rings. The second-order valence-corrected chi connectivity index (χ2v) is 7.75. The SMILES string of the molecule is COc1ccc(CC2N(C)CCC(O)(c3ccccc3)C2(C)C)cc1. The number of likely N-dealkylation sites (N-methyl/N-ethyl adjacent to an activating group) is 1. The van der Waals surface area contributed by atoms with E-state index in [0.717, 1.165) is 30.7 Å². The summed E-state index contributed by atoms with van der Waals surface area (Å²) >= 11 is 0. The molecule has 2 unspecified atom stereocenters. The number of benzene rings is 2. The van der Waals surface area contributed by atoms with Gasteiger partial charge in [-0.15, -0.1) is 0 Å². The maximum atomic E-state index is 11.7. The van der Waals surface area contributed by atoms with Gasteiger partial charge in [-0.25, -0.2) is 0 Å². The van der Waals surface area contributed by atoms with E-state index in [1.54, 1.807) is 7.11 Å². The topological polar surface area (TPSA) is 32.7 Å². The molecule has 1 N–H and O–H groups in total. The van der Waals surface area contributed by atoms with Gasteiger partial charge >= 0.3 is 0 Å². The molecule has 2 aromatic rings. The van der Waals surface area contributed by atoms with Crippen LogP contribution in [0.5, 0.6) is 5.75 Å². The lowest BCUT2D eigenvalue weighted by Crippen LogP contribution is -2.61. The fourth-order valence-corrected chi connectivity index (χ4v) is 4.27. The van der Waals surface area contributed by atoms with E-state index in [4.69, 9.17) is 4.74 Å². The highest BCUT2D eigenvalue weighted by atomic mass is 16.5. The number of ether oxygens (including phenoxy) is 1. The van der Waals surface area contributed by atoms with Crippen LogP contribution < -0.4 is 4.74 Å². The van der Waals surface area contributed by atoms with E-state index < -0.39 is 5.60 Å². The molecule has 1 aliphatic heterocycles. The van der Waals surface area contributed by atoms with Crippen LogP contribution in [0.15, 0.2) is 54.6 Å². The number of likely N-dealkylation sites (tertiary alicyclic amines) is 1. The number of hydrogen-bond acceptors (Lipinski definition) is 3. The van der Waals surface area contributed by atoms with Gasteiger partial charge in [-0.2, -0.15) is 0 Å². The highest BCUT2D eigenvalue weighted by molar-refractivity contribution is 5.30. The van der Waals surface area contributed by atoms with Gasteiger partial charge < -0.3 is 14.7 Å². The molecule has 0 amide bonds. The van der Waals surface area contributed by atoms with Gasteiger partial charge in [0.25, 0.3) is 0 Å². The minimum Gasteiger partial charge on any atom is -0.497 e. The van der Waals surface area contributed by atoms with Crippen molar-refractivity contribution in [1.29, 1.82) is 0 Å². The molecule has 0 radical (unpaired) electrons. The normalized spacial score (nSPS) is 26.4. The van der Waals surface area contributed by atoms with E-state index in [-0.39, 0.29) is 11.5 Å². The zero-order chi connectivity index (χ0) is 18.1. The molecule has 1 aliphatic rings. The molecular formula is C22H29NO2. The molecule has 1 saturated heterocycles. The molecule has 134 valence electrons. The predicted molar refractivity (Wildman–Crippen MR) is 102 cm³/mol. The summed E-state index contributed by atoms with van der Waals surface area (Å²) in [6.45, 7) is 5.28. The highest BCUT2D eigenvalue weighted by Gasteiger charge is 2.53. The largest absolute Gasteiger partial charge is 0.497 e. The van der Waals surface area contributed by atoms with Crippen molar-refractivity contribution in [2.75, 3.05) is 20.7 Å². The molecule has 0 bridgehead atoms. The Bertz CT molecular complexity index is 696. The fraction of sp³-hybridized carbons (Fsp3) is 0.455. The summed E-state index contributed by atoms with van der Waals surface area (Å²) in [7, 11) is 3.85. The second-order valence-electron chi connectivity index (χ2n) is 7.75. The second kappa shape index (κ2) is 6.81. The number of rotatable bonds is 4. The number of nitrogens with zero attached hydrogens (tertiary/aromatic N) is 1. The summed E-state index contributed by atoms with van der Waals surface area (Å²) in [5.41, 5.74) is 1.19. The Kier molecular flexibility index (Phi) is 4.90. The quantitative estimate of drug-likeness (QED) is 0.918. The Hall–Kier alpha value is -1.84. The van der Waals surface area contributed by atoms with Crippen molar-refractivity contribution in [2.24, 2.45) is 5.41 Å². The first-order chi connectivity index (χ1) is 11.9. The highest BCUT2D eigenvalue weighted by Crippen LogP contribution is 2.49. The van der Waals surface area contributed by atoms with Crippen LogP contribution in [0.1, 0.15) is 31.4 Å². The monoisotopic (exact) mass is 339 g/mol. The Balaban J connectivity index is 1.91. The van der Waals surface area contributed by atoms with Crippen molar-refractivity contribution >= 4 is 0 Å². The first kappa shape index (κ1) is 18.0. The molecule has 3 heteroatoms. The van der Waals surface area contributed by atoms with E-state index in [1.165, 1.54) is 5.56 Å². The van der Waals surface area contributed by atoms with Crippen molar-refractivity contribution in [3.63, 3.8) is 0 Å². The maximum Gasteiger partial charge on any atom is 0.118 e. The van der Waals surface area contributed by atoms with Crippen LogP contribution in [0.25, 0.3) is 0 Å². The number of piperidine rings is 1. The van der Waals surface area contributed by atoms with Crippen LogP contribution in [0, 0.1) is 5.41 Å². The summed E-state index contributed by atoms with van der Waals surface area (Å²) in [6, 6.07) is 18.7. The van der Waals surface area contributed by atoms with Crippen LogP contribution >= 0.6 is 0 Å². The van der Waals surface area contributed by atoms with Gasteiger partial charge in [-0.05, 0) is 43.1 Å². The Labute approximate surface area is 151 Å². The summed E-state index contributed by atoms with van der Waals surface area (Å²) in [5, 5.41) is 11.7. The number of aliphatic hydroxyl groups is 1. The molecule has 2 aromatic carbocycles. The number of hydrogen-bond donors (Lipinski definition) is 1. The van der Waals surface area contributed by atoms with Crippen molar-refractivity contribution in [1.82, 2.24) is 4.90 Å². The van der Waals surface area contributed by atoms with Crippen molar-refractivity contribution in [3.8, 4) is 5.75 Å². The smallest absolute Gasteiger partial charge is 0.118 e.